The van der Waals surface area contributed by atoms with Crippen molar-refractivity contribution in [1.82, 2.24) is 0 Å². The first kappa shape index (κ1) is 24.0. The summed E-state index contributed by atoms with van der Waals surface area (Å²) in [6.07, 6.45) is 1.40. The lowest BCUT2D eigenvalue weighted by atomic mass is 10.1. The third-order valence-corrected chi connectivity index (χ3v) is 6.95. The number of nitro benzene ring substituents is 1. The number of rotatable bonds is 14. The van der Waals surface area contributed by atoms with Gasteiger partial charge in [0, 0.05) is 34.0 Å². The number of carboxylic acid groups (broad SMARTS) is 1. The molecule has 1 aromatic rings. The Morgan fingerprint density at radius 3 is 2.32 bits per heavy atom. The molecule has 28 heavy (non-hydrogen) atoms. The van der Waals surface area contributed by atoms with Crippen LogP contribution in [0.2, 0.25) is 6.04 Å². The number of benzene rings is 1. The second-order valence-corrected chi connectivity index (χ2v) is 8.87. The number of unbranched alkanes of at least 4 members (excludes halogenated alkanes) is 1. The van der Waals surface area contributed by atoms with Gasteiger partial charge in [0.1, 0.15) is 11.3 Å². The van der Waals surface area contributed by atoms with Crippen LogP contribution >= 0.6 is 0 Å². The van der Waals surface area contributed by atoms with E-state index in [9.17, 15) is 20.0 Å². The maximum Gasteiger partial charge on any atom is 0.500 e. The lowest BCUT2D eigenvalue weighted by Crippen LogP contribution is -2.42. The molecule has 0 aliphatic rings. The maximum absolute atomic E-state index is 11.4. The number of ether oxygens (including phenoxy) is 2. The van der Waals surface area contributed by atoms with Crippen molar-refractivity contribution in [3.63, 3.8) is 0 Å². The van der Waals surface area contributed by atoms with Crippen LogP contribution in [0.25, 0.3) is 0 Å². The Balaban J connectivity index is 2.72. The van der Waals surface area contributed by atoms with Gasteiger partial charge in [-0.1, -0.05) is 0 Å². The minimum Gasteiger partial charge on any atom is -0.493 e. The zero-order chi connectivity index (χ0) is 21.2. The highest BCUT2D eigenvalue weighted by molar-refractivity contribution is 6.60. The molecule has 0 unspecified atom stereocenters. The summed E-state index contributed by atoms with van der Waals surface area (Å²) in [4.78, 5) is 22.1. The molecule has 1 N–H and O–H groups in total. The number of hydrogen-bond donors (Lipinski definition) is 1. The van der Waals surface area contributed by atoms with Gasteiger partial charge in [0.05, 0.1) is 29.8 Å². The van der Waals surface area contributed by atoms with Gasteiger partial charge in [-0.05, 0) is 25.8 Å². The van der Waals surface area contributed by atoms with Gasteiger partial charge < -0.3 is 27.9 Å². The zero-order valence-corrected chi connectivity index (χ0v) is 17.6. The number of nitrogens with zero attached hydrogens (tertiary/aromatic N) is 1. The molecular formula is C17H27NO9Si. The van der Waals surface area contributed by atoms with Crippen LogP contribution in [0, 0.1) is 10.1 Å². The van der Waals surface area contributed by atoms with Gasteiger partial charge in [-0.25, -0.2) is 4.79 Å². The molecule has 0 saturated carbocycles. The molecule has 0 aromatic heterocycles. The number of hydrogen-bond acceptors (Lipinski definition) is 8. The molecule has 0 spiro atoms. The molecule has 0 aliphatic carbocycles. The molecule has 0 saturated heterocycles. The smallest absolute Gasteiger partial charge is 0.493 e. The van der Waals surface area contributed by atoms with Crippen LogP contribution in [0.1, 0.15) is 35.7 Å². The fraction of sp³-hybridized carbons (Fsp3) is 0.588. The Morgan fingerprint density at radius 1 is 1.18 bits per heavy atom. The van der Waals surface area contributed by atoms with E-state index < -0.39 is 19.7 Å². The summed E-state index contributed by atoms with van der Waals surface area (Å²) in [6.45, 7) is 2.13. The first-order valence-electron chi connectivity index (χ1n) is 8.74. The van der Waals surface area contributed by atoms with Crippen LogP contribution in [0.5, 0.6) is 5.75 Å². The van der Waals surface area contributed by atoms with E-state index in [1.165, 1.54) is 6.07 Å². The van der Waals surface area contributed by atoms with E-state index in [2.05, 4.69) is 0 Å². The Hall–Kier alpha value is -2.05. The van der Waals surface area contributed by atoms with Crippen LogP contribution in [0.15, 0.2) is 12.1 Å². The zero-order valence-electron chi connectivity index (χ0n) is 16.6. The van der Waals surface area contributed by atoms with Crippen molar-refractivity contribution in [3.05, 3.63) is 33.4 Å². The molecule has 1 aromatic carbocycles. The molecule has 11 heteroatoms. The quantitative estimate of drug-likeness (QED) is 0.210. The second-order valence-electron chi connectivity index (χ2n) is 5.78. The number of nitro groups is 1. The minimum atomic E-state index is -2.62. The van der Waals surface area contributed by atoms with E-state index in [0.29, 0.717) is 19.1 Å². The monoisotopic (exact) mass is 417 g/mol. The van der Waals surface area contributed by atoms with Crippen LogP contribution in [0.4, 0.5) is 5.69 Å². The maximum atomic E-state index is 11.4. The molecule has 10 nitrogen and oxygen atoms in total. The molecule has 0 aliphatic heterocycles. The van der Waals surface area contributed by atoms with Crippen LogP contribution in [-0.4, -0.2) is 59.3 Å². The summed E-state index contributed by atoms with van der Waals surface area (Å²) < 4.78 is 26.7. The summed E-state index contributed by atoms with van der Waals surface area (Å²) in [5.41, 5.74) is -0.194. The highest BCUT2D eigenvalue weighted by Crippen LogP contribution is 2.30. The van der Waals surface area contributed by atoms with Crippen molar-refractivity contribution in [1.29, 1.82) is 0 Å². The van der Waals surface area contributed by atoms with Gasteiger partial charge in [-0.2, -0.15) is 0 Å². The fourth-order valence-corrected chi connectivity index (χ4v) is 4.42. The molecule has 158 valence electrons. The van der Waals surface area contributed by atoms with Gasteiger partial charge in [-0.15, -0.1) is 0 Å². The van der Waals surface area contributed by atoms with E-state index in [-0.39, 0.29) is 35.8 Å². The largest absolute Gasteiger partial charge is 0.500 e. The van der Waals surface area contributed by atoms with Crippen LogP contribution < -0.4 is 4.74 Å². The van der Waals surface area contributed by atoms with Crippen molar-refractivity contribution in [2.75, 3.05) is 34.5 Å². The van der Waals surface area contributed by atoms with E-state index in [4.69, 9.17) is 22.8 Å². The van der Waals surface area contributed by atoms with Crippen molar-refractivity contribution < 1.29 is 37.6 Å². The first-order valence-corrected chi connectivity index (χ1v) is 10.7. The predicted octanol–water partition coefficient (Wildman–Crippen LogP) is 2.87. The van der Waals surface area contributed by atoms with Gasteiger partial charge in [0.25, 0.3) is 5.69 Å². The number of carboxylic acids is 1. The van der Waals surface area contributed by atoms with Crippen LogP contribution in [0.3, 0.4) is 0 Å². The summed E-state index contributed by atoms with van der Waals surface area (Å²) in [6, 6.07) is 2.97. The fourth-order valence-electron chi connectivity index (χ4n) is 2.63. The highest BCUT2D eigenvalue weighted by Gasteiger charge is 2.36. The molecule has 0 heterocycles. The van der Waals surface area contributed by atoms with Crippen molar-refractivity contribution in [3.8, 4) is 5.75 Å². The minimum absolute atomic E-state index is 0.0366. The third-order valence-electron chi connectivity index (χ3n) is 4.12. The van der Waals surface area contributed by atoms with E-state index in [0.717, 1.165) is 12.5 Å². The lowest BCUT2D eigenvalue weighted by molar-refractivity contribution is -0.386. The Bertz CT molecular complexity index is 656. The summed E-state index contributed by atoms with van der Waals surface area (Å²) >= 11 is 0. The van der Waals surface area contributed by atoms with Gasteiger partial charge in [0.15, 0.2) is 0 Å². The molecule has 1 rings (SSSR count). The van der Waals surface area contributed by atoms with Gasteiger partial charge in [0.2, 0.25) is 0 Å². The average molecular weight is 417 g/mol. The number of aromatic carboxylic acids is 1. The molecular weight excluding hydrogens is 390 g/mol. The van der Waals surface area contributed by atoms with Crippen LogP contribution in [-0.2, 0) is 24.6 Å². The van der Waals surface area contributed by atoms with Gasteiger partial charge in [-0.3, -0.25) is 10.1 Å². The Kier molecular flexibility index (Phi) is 10.0. The average Bonchev–Trinajstić information content (AvgIpc) is 2.68. The van der Waals surface area contributed by atoms with Gasteiger partial charge >= 0.3 is 14.8 Å². The van der Waals surface area contributed by atoms with Crippen molar-refractivity contribution >= 4 is 20.5 Å². The molecule has 0 atom stereocenters. The molecule has 0 bridgehead atoms. The second kappa shape index (κ2) is 11.7. The van der Waals surface area contributed by atoms with Crippen molar-refractivity contribution in [2.45, 2.75) is 32.4 Å². The first-order chi connectivity index (χ1) is 13.3. The van der Waals surface area contributed by atoms with Crippen molar-refractivity contribution in [2.24, 2.45) is 0 Å². The number of carbonyl (C=O) groups is 1. The van der Waals surface area contributed by atoms with E-state index in [1.807, 2.05) is 0 Å². The summed E-state index contributed by atoms with van der Waals surface area (Å²) in [5.74, 6) is -1.26. The summed E-state index contributed by atoms with van der Waals surface area (Å²) in [7, 11) is 2.00. The SMILES string of the molecule is CCOc1cc([N+](=O)[O-])c(COCCCC[Si](OC)(OC)OC)cc1C(=O)O. The Labute approximate surface area is 164 Å². The standard InChI is InChI=1S/C17H27NO9Si/c1-5-27-16-11-15(18(21)22)13(10-14(16)17(19)20)12-26-8-6-7-9-28(23-2,24-3)25-4/h10-11H,5-9,12H2,1-4H3,(H,19,20). The molecule has 0 radical (unpaired) electrons. The van der Waals surface area contributed by atoms with E-state index >= 15 is 0 Å². The molecule has 0 fully saturated rings. The van der Waals surface area contributed by atoms with E-state index in [1.54, 1.807) is 28.3 Å². The normalized spacial score (nSPS) is 11.4. The lowest BCUT2D eigenvalue weighted by Gasteiger charge is -2.24. The molecule has 0 amide bonds. The summed E-state index contributed by atoms with van der Waals surface area (Å²) in [5, 5.41) is 20.6. The topological polar surface area (TPSA) is 127 Å². The Morgan fingerprint density at radius 2 is 1.82 bits per heavy atom. The predicted molar refractivity (Wildman–Crippen MR) is 102 cm³/mol. The third kappa shape index (κ3) is 6.53. The highest BCUT2D eigenvalue weighted by atomic mass is 28.4.